The molecule has 0 fully saturated rings. The fourth-order valence-corrected chi connectivity index (χ4v) is 2.09. The molecule has 0 amide bonds. The second-order valence-electron chi connectivity index (χ2n) is 3.30. The number of benzene rings is 2. The van der Waals surface area contributed by atoms with Gasteiger partial charge in [-0.3, -0.25) is 0 Å². The Hall–Kier alpha value is -0.430. The van der Waals surface area contributed by atoms with E-state index in [1.165, 1.54) is 0 Å². The topological polar surface area (TPSA) is 0 Å². The number of halogens is 3. The second kappa shape index (κ2) is 4.61. The van der Waals surface area contributed by atoms with Crippen LogP contribution in [0, 0.1) is 0 Å². The van der Waals surface area contributed by atoms with Crippen molar-refractivity contribution in [3.63, 3.8) is 0 Å². The van der Waals surface area contributed by atoms with Gasteiger partial charge in [-0.25, -0.2) is 0 Å². The van der Waals surface area contributed by atoms with Crippen LogP contribution in [0.1, 0.15) is 10.9 Å². The zero-order valence-electron chi connectivity index (χ0n) is 7.83. The van der Waals surface area contributed by atoms with E-state index in [1.54, 1.807) is 0 Å². The van der Waals surface area contributed by atoms with Gasteiger partial charge in [0.2, 0.25) is 0 Å². The van der Waals surface area contributed by atoms with Gasteiger partial charge in [0.05, 0.1) is 5.38 Å². The Morgan fingerprint density at radius 3 is 2.20 bits per heavy atom. The van der Waals surface area contributed by atoms with Crippen molar-refractivity contribution in [2.24, 2.45) is 0 Å². The van der Waals surface area contributed by atoms with Gasteiger partial charge in [-0.15, -0.1) is 34.8 Å². The van der Waals surface area contributed by atoms with Crippen molar-refractivity contribution in [2.45, 2.75) is 10.2 Å². The van der Waals surface area contributed by atoms with Crippen LogP contribution in [0.2, 0.25) is 0 Å². The maximum absolute atomic E-state index is 6.16. The summed E-state index contributed by atoms with van der Waals surface area (Å²) in [5.74, 6) is 0. The molecule has 0 aliphatic rings. The lowest BCUT2D eigenvalue weighted by molar-refractivity contribution is 1.05. The van der Waals surface area contributed by atoms with E-state index in [2.05, 4.69) is 0 Å². The minimum Gasteiger partial charge on any atom is -0.115 e. The smallest absolute Gasteiger partial charge is 0.115 e. The molecule has 0 N–H and O–H groups in total. The number of hydrogen-bond donors (Lipinski definition) is 0. The lowest BCUT2D eigenvalue weighted by Gasteiger charge is -2.13. The summed E-state index contributed by atoms with van der Waals surface area (Å²) in [6, 6.07) is 14.0. The molecule has 0 saturated heterocycles. The van der Waals surface area contributed by atoms with Crippen molar-refractivity contribution >= 4 is 45.6 Å². The minimum atomic E-state index is -0.600. The summed E-state index contributed by atoms with van der Waals surface area (Å²) in [7, 11) is 0. The third-order valence-electron chi connectivity index (χ3n) is 2.34. The first kappa shape index (κ1) is 11.1. The van der Waals surface area contributed by atoms with E-state index in [4.69, 9.17) is 34.8 Å². The molecule has 0 aliphatic heterocycles. The van der Waals surface area contributed by atoms with E-state index >= 15 is 0 Å². The molecule has 2 rings (SSSR count). The third kappa shape index (κ3) is 2.23. The average molecular weight is 260 g/mol. The molecular weight excluding hydrogens is 250 g/mol. The predicted molar refractivity (Wildman–Crippen MR) is 68.0 cm³/mol. The third-order valence-corrected chi connectivity index (χ3v) is 3.59. The fraction of sp³-hybridized carbons (Fsp3) is 0.167. The molecule has 1 atom stereocenters. The predicted octanol–water partition coefficient (Wildman–Crippen LogP) is 4.92. The molecule has 0 aromatic heterocycles. The van der Waals surface area contributed by atoms with Crippen LogP contribution >= 0.6 is 34.8 Å². The summed E-state index contributed by atoms with van der Waals surface area (Å²) in [6.45, 7) is 0. The van der Waals surface area contributed by atoms with E-state index in [0.717, 1.165) is 16.3 Å². The van der Waals surface area contributed by atoms with E-state index < -0.39 is 4.84 Å². The maximum Gasteiger partial charge on any atom is 0.128 e. The van der Waals surface area contributed by atoms with Gasteiger partial charge in [-0.1, -0.05) is 42.5 Å². The Kier molecular flexibility index (Phi) is 3.40. The molecule has 2 aromatic carbocycles. The molecule has 0 nitrogen and oxygen atoms in total. The van der Waals surface area contributed by atoms with Crippen molar-refractivity contribution in [2.75, 3.05) is 0 Å². The van der Waals surface area contributed by atoms with Gasteiger partial charge in [0.25, 0.3) is 0 Å². The lowest BCUT2D eigenvalue weighted by Crippen LogP contribution is -2.00. The molecule has 78 valence electrons. The summed E-state index contributed by atoms with van der Waals surface area (Å²) >= 11 is 17.7. The van der Waals surface area contributed by atoms with E-state index in [9.17, 15) is 0 Å². The average Bonchev–Trinajstić information content (AvgIpc) is 2.27. The highest BCUT2D eigenvalue weighted by Gasteiger charge is 2.17. The fourth-order valence-electron chi connectivity index (χ4n) is 1.63. The monoisotopic (exact) mass is 258 g/mol. The summed E-state index contributed by atoms with van der Waals surface area (Å²) in [5, 5.41) is 1.88. The molecule has 0 radical (unpaired) electrons. The van der Waals surface area contributed by atoms with E-state index in [0.29, 0.717) is 0 Å². The van der Waals surface area contributed by atoms with E-state index in [-0.39, 0.29) is 5.38 Å². The van der Waals surface area contributed by atoms with Crippen molar-refractivity contribution in [3.8, 4) is 0 Å². The normalized spacial score (nSPS) is 13.3. The summed E-state index contributed by atoms with van der Waals surface area (Å²) in [6.07, 6.45) is 0. The molecule has 0 saturated carbocycles. The zero-order chi connectivity index (χ0) is 10.8. The van der Waals surface area contributed by atoms with Crippen molar-refractivity contribution < 1.29 is 0 Å². The van der Waals surface area contributed by atoms with Gasteiger partial charge in [0.15, 0.2) is 0 Å². The molecule has 3 heteroatoms. The molecule has 0 heterocycles. The quantitative estimate of drug-likeness (QED) is 0.671. The Labute approximate surface area is 104 Å². The Bertz CT molecular complexity index is 460. The molecule has 0 spiro atoms. The highest BCUT2D eigenvalue weighted by molar-refractivity contribution is 6.48. The number of rotatable bonds is 2. The van der Waals surface area contributed by atoms with Crippen LogP contribution in [0.3, 0.4) is 0 Å². The van der Waals surface area contributed by atoms with Crippen LogP contribution < -0.4 is 0 Å². The van der Waals surface area contributed by atoms with Crippen LogP contribution in [0.25, 0.3) is 10.8 Å². The maximum atomic E-state index is 6.16. The molecular formula is C12H9Cl3. The van der Waals surface area contributed by atoms with Crippen LogP contribution in [0.15, 0.2) is 42.5 Å². The van der Waals surface area contributed by atoms with Crippen LogP contribution in [0.4, 0.5) is 0 Å². The number of fused-ring (bicyclic) bond motifs is 1. The molecule has 2 aromatic rings. The molecule has 0 aliphatic carbocycles. The Balaban J connectivity index is 2.60. The zero-order valence-corrected chi connectivity index (χ0v) is 10.1. The van der Waals surface area contributed by atoms with Crippen molar-refractivity contribution in [1.82, 2.24) is 0 Å². The van der Waals surface area contributed by atoms with Gasteiger partial charge in [0, 0.05) is 0 Å². The second-order valence-corrected chi connectivity index (χ2v) is 4.94. The first-order valence-electron chi connectivity index (χ1n) is 4.60. The minimum absolute atomic E-state index is 0.376. The lowest BCUT2D eigenvalue weighted by atomic mass is 10.0. The highest BCUT2D eigenvalue weighted by Crippen LogP contribution is 2.34. The van der Waals surface area contributed by atoms with Crippen LogP contribution in [-0.2, 0) is 0 Å². The van der Waals surface area contributed by atoms with Crippen molar-refractivity contribution in [3.05, 3.63) is 48.0 Å². The van der Waals surface area contributed by atoms with Crippen molar-refractivity contribution in [1.29, 1.82) is 0 Å². The Morgan fingerprint density at radius 2 is 1.47 bits per heavy atom. The van der Waals surface area contributed by atoms with Gasteiger partial charge < -0.3 is 0 Å². The van der Waals surface area contributed by atoms with Gasteiger partial charge in [-0.2, -0.15) is 0 Å². The Morgan fingerprint density at radius 1 is 0.800 bits per heavy atom. The first-order chi connectivity index (χ1) is 7.20. The largest absolute Gasteiger partial charge is 0.128 e. The van der Waals surface area contributed by atoms with Gasteiger partial charge >= 0.3 is 0 Å². The molecule has 0 bridgehead atoms. The van der Waals surface area contributed by atoms with Gasteiger partial charge in [0.1, 0.15) is 4.84 Å². The van der Waals surface area contributed by atoms with Gasteiger partial charge in [-0.05, 0) is 16.3 Å². The standard InChI is InChI=1S/C12H9Cl3/c13-11(12(14)15)10-7-3-5-8-4-1-2-6-9(8)10/h1-7,11-12H. The summed E-state index contributed by atoms with van der Waals surface area (Å²) in [4.78, 5) is -0.600. The number of hydrogen-bond acceptors (Lipinski definition) is 0. The van der Waals surface area contributed by atoms with E-state index in [1.807, 2.05) is 42.5 Å². The summed E-state index contributed by atoms with van der Waals surface area (Å²) in [5.41, 5.74) is 0.977. The number of alkyl halides is 3. The van der Waals surface area contributed by atoms with Crippen LogP contribution in [-0.4, -0.2) is 4.84 Å². The SMILES string of the molecule is ClC(Cl)C(Cl)c1cccc2ccccc12. The van der Waals surface area contributed by atoms with Crippen LogP contribution in [0.5, 0.6) is 0 Å². The first-order valence-corrected chi connectivity index (χ1v) is 5.91. The summed E-state index contributed by atoms with van der Waals surface area (Å²) < 4.78 is 0. The highest BCUT2D eigenvalue weighted by atomic mass is 35.5. The molecule has 15 heavy (non-hydrogen) atoms. The molecule has 1 unspecified atom stereocenters.